The minimum atomic E-state index is -2.89. The number of carbonyl (C=O) groups is 1. The molecule has 28 heavy (non-hydrogen) atoms. The van der Waals surface area contributed by atoms with Crippen LogP contribution in [0.1, 0.15) is 17.0 Å². The number of nitrogens with one attached hydrogen (secondary N) is 1. The second-order valence-electron chi connectivity index (χ2n) is 5.44. The Hall–Kier alpha value is -3.53. The van der Waals surface area contributed by atoms with E-state index in [1.54, 1.807) is 24.3 Å². The number of halogens is 3. The largest absolute Gasteiger partial charge is 0.457 e. The summed E-state index contributed by atoms with van der Waals surface area (Å²) in [6.07, 6.45) is 0.947. The first kappa shape index (κ1) is 19.2. The van der Waals surface area contributed by atoms with Crippen LogP contribution in [0.15, 0.2) is 54.7 Å². The van der Waals surface area contributed by atoms with Gasteiger partial charge in [0, 0.05) is 23.4 Å². The number of nitrogens with zero attached hydrogens (tertiary/aromatic N) is 3. The number of rotatable bonds is 6. The van der Waals surface area contributed by atoms with E-state index in [4.69, 9.17) is 16.3 Å². The molecule has 1 N–H and O–H groups in total. The number of benzene rings is 2. The van der Waals surface area contributed by atoms with Gasteiger partial charge in [0.05, 0.1) is 16.7 Å². The van der Waals surface area contributed by atoms with Crippen molar-refractivity contribution in [1.82, 2.24) is 9.78 Å². The third kappa shape index (κ3) is 4.60. The van der Waals surface area contributed by atoms with E-state index in [1.165, 1.54) is 12.1 Å². The Morgan fingerprint density at radius 3 is 2.50 bits per heavy atom. The van der Waals surface area contributed by atoms with Gasteiger partial charge >= 0.3 is 6.55 Å². The average Bonchev–Trinajstić information content (AvgIpc) is 3.14. The van der Waals surface area contributed by atoms with Crippen molar-refractivity contribution >= 4 is 28.9 Å². The highest BCUT2D eigenvalue weighted by Crippen LogP contribution is 2.30. The number of nitro groups is 1. The van der Waals surface area contributed by atoms with E-state index >= 15 is 0 Å². The van der Waals surface area contributed by atoms with Crippen LogP contribution in [-0.2, 0) is 0 Å². The molecule has 2 aromatic carbocycles. The third-order valence-electron chi connectivity index (χ3n) is 3.45. The molecule has 11 heteroatoms. The number of hydrogen-bond donors (Lipinski definition) is 1. The van der Waals surface area contributed by atoms with Gasteiger partial charge in [0.1, 0.15) is 11.5 Å². The summed E-state index contributed by atoms with van der Waals surface area (Å²) < 4.78 is 31.0. The number of ether oxygens (including phenoxy) is 1. The molecule has 0 aliphatic rings. The number of anilines is 1. The monoisotopic (exact) mass is 408 g/mol. The van der Waals surface area contributed by atoms with Crippen molar-refractivity contribution in [3.63, 3.8) is 0 Å². The van der Waals surface area contributed by atoms with Crippen LogP contribution in [-0.4, -0.2) is 20.6 Å². The van der Waals surface area contributed by atoms with Crippen molar-refractivity contribution in [3.8, 4) is 11.5 Å². The molecule has 3 rings (SSSR count). The number of aromatic nitrogens is 2. The lowest BCUT2D eigenvalue weighted by Crippen LogP contribution is -2.13. The fourth-order valence-electron chi connectivity index (χ4n) is 2.22. The summed E-state index contributed by atoms with van der Waals surface area (Å²) in [6.45, 7) is -2.89. The number of hydrogen-bond acceptors (Lipinski definition) is 5. The van der Waals surface area contributed by atoms with Gasteiger partial charge in [-0.05, 0) is 30.3 Å². The Kier molecular flexibility index (Phi) is 5.50. The predicted octanol–water partition coefficient (Wildman–Crippen LogP) is 4.88. The zero-order valence-electron chi connectivity index (χ0n) is 13.9. The van der Waals surface area contributed by atoms with Gasteiger partial charge in [-0.1, -0.05) is 11.6 Å². The van der Waals surface area contributed by atoms with Crippen molar-refractivity contribution in [2.45, 2.75) is 6.55 Å². The van der Waals surface area contributed by atoms with Crippen molar-refractivity contribution in [2.75, 3.05) is 5.32 Å². The quantitative estimate of drug-likeness (QED) is 0.462. The number of nitro benzene ring substituents is 1. The Morgan fingerprint density at radius 1 is 1.18 bits per heavy atom. The maximum atomic E-state index is 12.6. The topological polar surface area (TPSA) is 99.3 Å². The van der Waals surface area contributed by atoms with Crippen LogP contribution < -0.4 is 10.1 Å². The molecular formula is C17H11ClF2N4O4. The molecule has 1 amide bonds. The van der Waals surface area contributed by atoms with Gasteiger partial charge in [-0.15, -0.1) is 0 Å². The maximum absolute atomic E-state index is 12.6. The van der Waals surface area contributed by atoms with E-state index in [9.17, 15) is 23.7 Å². The van der Waals surface area contributed by atoms with Crippen LogP contribution in [0.4, 0.5) is 20.2 Å². The fraction of sp³-hybridized carbons (Fsp3) is 0.0588. The average molecular weight is 409 g/mol. The van der Waals surface area contributed by atoms with Crippen LogP contribution >= 0.6 is 11.6 Å². The molecule has 0 saturated heterocycles. The van der Waals surface area contributed by atoms with E-state index in [0.29, 0.717) is 15.5 Å². The molecule has 144 valence electrons. The van der Waals surface area contributed by atoms with Gasteiger partial charge < -0.3 is 10.1 Å². The lowest BCUT2D eigenvalue weighted by molar-refractivity contribution is -0.384. The number of alkyl halides is 2. The lowest BCUT2D eigenvalue weighted by Gasteiger charge is -2.09. The molecule has 0 aliphatic heterocycles. The second kappa shape index (κ2) is 8.01. The van der Waals surface area contributed by atoms with E-state index in [2.05, 4.69) is 10.4 Å². The smallest absolute Gasteiger partial charge is 0.333 e. The molecule has 0 fully saturated rings. The van der Waals surface area contributed by atoms with Crippen LogP contribution in [0.5, 0.6) is 11.5 Å². The van der Waals surface area contributed by atoms with Crippen molar-refractivity contribution < 1.29 is 23.2 Å². The van der Waals surface area contributed by atoms with Crippen molar-refractivity contribution in [3.05, 3.63) is 75.6 Å². The normalized spacial score (nSPS) is 10.7. The summed E-state index contributed by atoms with van der Waals surface area (Å²) in [5.74, 6) is -0.347. The Balaban J connectivity index is 1.84. The molecule has 8 nitrogen and oxygen atoms in total. The minimum Gasteiger partial charge on any atom is -0.457 e. The molecule has 0 atom stereocenters. The van der Waals surface area contributed by atoms with Crippen molar-refractivity contribution in [2.24, 2.45) is 0 Å². The summed E-state index contributed by atoms with van der Waals surface area (Å²) in [5, 5.41) is 17.5. The molecule has 0 radical (unpaired) electrons. The summed E-state index contributed by atoms with van der Waals surface area (Å²) >= 11 is 5.80. The van der Waals surface area contributed by atoms with E-state index < -0.39 is 17.4 Å². The molecular weight excluding hydrogens is 398 g/mol. The standard InChI is InChI=1S/C17H11ClF2N4O4/c18-10-1-3-13(4-2-10)28-14-8-11(7-12(9-14)24(26)27)21-16(25)15-5-6-23(22-15)17(19)20/h1-9,17H,(H,21,25). The second-order valence-corrected chi connectivity index (χ2v) is 5.88. The van der Waals surface area contributed by atoms with E-state index in [1.807, 2.05) is 0 Å². The molecule has 0 aliphatic carbocycles. The molecule has 0 unspecified atom stereocenters. The van der Waals surface area contributed by atoms with Gasteiger partial charge in [-0.3, -0.25) is 14.9 Å². The van der Waals surface area contributed by atoms with Gasteiger partial charge in [-0.25, -0.2) is 4.68 Å². The Labute approximate surface area is 161 Å². The lowest BCUT2D eigenvalue weighted by atomic mass is 10.2. The first-order chi connectivity index (χ1) is 13.3. The number of carbonyl (C=O) groups excluding carboxylic acids is 1. The molecule has 0 saturated carbocycles. The third-order valence-corrected chi connectivity index (χ3v) is 3.70. The predicted molar refractivity (Wildman–Crippen MR) is 96.1 cm³/mol. The summed E-state index contributed by atoms with van der Waals surface area (Å²) in [7, 11) is 0. The zero-order valence-corrected chi connectivity index (χ0v) is 14.6. The van der Waals surface area contributed by atoms with Crippen LogP contribution in [0, 0.1) is 10.1 Å². The van der Waals surface area contributed by atoms with Gasteiger partial charge in [0.25, 0.3) is 11.6 Å². The fourth-order valence-corrected chi connectivity index (χ4v) is 2.35. The summed E-state index contributed by atoms with van der Waals surface area (Å²) in [6, 6.07) is 11.0. The Bertz CT molecular complexity index is 1020. The van der Waals surface area contributed by atoms with Gasteiger partial charge in [-0.2, -0.15) is 13.9 Å². The first-order valence-corrected chi connectivity index (χ1v) is 8.07. The first-order valence-electron chi connectivity index (χ1n) is 7.69. The highest BCUT2D eigenvalue weighted by Gasteiger charge is 2.17. The molecule has 3 aromatic rings. The van der Waals surface area contributed by atoms with Crippen LogP contribution in [0.25, 0.3) is 0 Å². The number of amides is 1. The molecule has 0 bridgehead atoms. The summed E-state index contributed by atoms with van der Waals surface area (Å²) in [4.78, 5) is 22.7. The van der Waals surface area contributed by atoms with Crippen LogP contribution in [0.3, 0.4) is 0 Å². The highest BCUT2D eigenvalue weighted by molar-refractivity contribution is 6.30. The van der Waals surface area contributed by atoms with Crippen molar-refractivity contribution in [1.29, 1.82) is 0 Å². The molecule has 1 heterocycles. The summed E-state index contributed by atoms with van der Waals surface area (Å²) in [5.41, 5.74) is -0.568. The van der Waals surface area contributed by atoms with Gasteiger partial charge in [0.15, 0.2) is 5.69 Å². The molecule has 1 aromatic heterocycles. The zero-order chi connectivity index (χ0) is 20.3. The Morgan fingerprint density at radius 2 is 1.89 bits per heavy atom. The van der Waals surface area contributed by atoms with E-state index in [0.717, 1.165) is 18.3 Å². The van der Waals surface area contributed by atoms with E-state index in [-0.39, 0.29) is 22.8 Å². The van der Waals surface area contributed by atoms with Gasteiger partial charge in [0.2, 0.25) is 0 Å². The van der Waals surface area contributed by atoms with Crippen LogP contribution in [0.2, 0.25) is 5.02 Å². The molecule has 0 spiro atoms. The number of non-ortho nitro benzene ring substituents is 1. The highest BCUT2D eigenvalue weighted by atomic mass is 35.5. The SMILES string of the molecule is O=C(Nc1cc(Oc2ccc(Cl)cc2)cc([N+](=O)[O-])c1)c1ccn(C(F)F)n1. The minimum absolute atomic E-state index is 0.0368. The maximum Gasteiger partial charge on any atom is 0.333 e.